The third-order valence-corrected chi connectivity index (χ3v) is 4.25. The number of halogens is 2. The number of nitrogens with zero attached hydrogens (tertiary/aromatic N) is 1. The van der Waals surface area contributed by atoms with Gasteiger partial charge in [0.1, 0.15) is 35.8 Å². The van der Waals surface area contributed by atoms with Gasteiger partial charge in [-0.3, -0.25) is 4.79 Å². The van der Waals surface area contributed by atoms with Crippen molar-refractivity contribution in [3.8, 4) is 17.2 Å². The Labute approximate surface area is 154 Å². The topological polar surface area (TPSA) is 79.2 Å². The highest BCUT2D eigenvalue weighted by Crippen LogP contribution is 2.26. The van der Waals surface area contributed by atoms with E-state index in [0.717, 1.165) is 12.1 Å². The number of benzene rings is 2. The molecule has 3 rings (SSSR count). The lowest BCUT2D eigenvalue weighted by Crippen LogP contribution is -2.47. The van der Waals surface area contributed by atoms with Crippen LogP contribution < -0.4 is 4.74 Å². The van der Waals surface area contributed by atoms with Crippen LogP contribution in [0.1, 0.15) is 10.4 Å². The first-order valence-corrected chi connectivity index (χ1v) is 8.32. The first kappa shape index (κ1) is 18.3. The van der Waals surface area contributed by atoms with Gasteiger partial charge in [-0.2, -0.15) is 0 Å². The number of hydrogen-bond donors (Lipinski definition) is 2. The van der Waals surface area contributed by atoms with Crippen LogP contribution in [-0.4, -0.2) is 53.4 Å². The van der Waals surface area contributed by atoms with Gasteiger partial charge in [0.2, 0.25) is 0 Å². The number of morpholine rings is 1. The van der Waals surface area contributed by atoms with Crippen molar-refractivity contribution in [2.75, 3.05) is 26.3 Å². The Morgan fingerprint density at radius 1 is 1.31 bits per heavy atom. The molecule has 1 atom stereocenters. The van der Waals surface area contributed by atoms with Crippen LogP contribution in [0, 0.1) is 5.82 Å². The molecule has 0 saturated carbocycles. The summed E-state index contributed by atoms with van der Waals surface area (Å²) in [7, 11) is 0. The van der Waals surface area contributed by atoms with E-state index in [4.69, 9.17) is 21.1 Å². The second-order valence-electron chi connectivity index (χ2n) is 5.83. The molecule has 26 heavy (non-hydrogen) atoms. The summed E-state index contributed by atoms with van der Waals surface area (Å²) in [5.74, 6) is -0.899. The molecule has 0 aliphatic carbocycles. The Morgan fingerprint density at radius 2 is 2.12 bits per heavy atom. The van der Waals surface area contributed by atoms with Crippen LogP contribution in [0.3, 0.4) is 0 Å². The Balaban J connectivity index is 1.62. The lowest BCUT2D eigenvalue weighted by atomic mass is 10.1. The van der Waals surface area contributed by atoms with Crippen LogP contribution in [0.15, 0.2) is 36.4 Å². The zero-order chi connectivity index (χ0) is 18.7. The number of carbonyl (C=O) groups excluding carboxylic acids is 1. The minimum atomic E-state index is -0.457. The summed E-state index contributed by atoms with van der Waals surface area (Å²) >= 11 is 5.92. The van der Waals surface area contributed by atoms with E-state index in [1.807, 2.05) is 0 Å². The van der Waals surface area contributed by atoms with Gasteiger partial charge in [0, 0.05) is 12.6 Å². The van der Waals surface area contributed by atoms with Gasteiger partial charge in [-0.1, -0.05) is 11.6 Å². The smallest absolute Gasteiger partial charge is 0.257 e. The quantitative estimate of drug-likeness (QED) is 0.851. The highest BCUT2D eigenvalue weighted by molar-refractivity contribution is 6.32. The molecule has 2 aromatic rings. The van der Waals surface area contributed by atoms with E-state index < -0.39 is 11.9 Å². The minimum Gasteiger partial charge on any atom is -0.508 e. The normalized spacial score (nSPS) is 17.2. The molecule has 1 fully saturated rings. The van der Waals surface area contributed by atoms with Crippen molar-refractivity contribution in [3.05, 3.63) is 52.8 Å². The molecule has 1 heterocycles. The van der Waals surface area contributed by atoms with Gasteiger partial charge in [0.15, 0.2) is 0 Å². The maximum Gasteiger partial charge on any atom is 0.257 e. The van der Waals surface area contributed by atoms with Crippen molar-refractivity contribution >= 4 is 17.5 Å². The van der Waals surface area contributed by atoms with Crippen LogP contribution in [0.25, 0.3) is 0 Å². The van der Waals surface area contributed by atoms with Gasteiger partial charge in [-0.15, -0.1) is 0 Å². The predicted molar refractivity (Wildman–Crippen MR) is 92.3 cm³/mol. The zero-order valence-electron chi connectivity index (χ0n) is 13.7. The van der Waals surface area contributed by atoms with Crippen LogP contribution >= 0.6 is 11.6 Å². The molecule has 1 unspecified atom stereocenters. The number of phenols is 2. The standard InChI is InChI=1S/C18H17ClFNO5/c19-15-7-11(20)1-4-17(15)26-10-13-9-21(5-6-25-13)18(24)14-3-2-12(22)8-16(14)23/h1-4,7-8,13,22-23H,5-6,9-10H2. The molecule has 0 aromatic heterocycles. The number of carbonyl (C=O) groups is 1. The van der Waals surface area contributed by atoms with E-state index in [9.17, 15) is 19.4 Å². The fourth-order valence-corrected chi connectivity index (χ4v) is 2.87. The zero-order valence-corrected chi connectivity index (χ0v) is 14.4. The number of ether oxygens (including phenoxy) is 2. The predicted octanol–water partition coefficient (Wildman–Crippen LogP) is 2.81. The molecule has 1 aliphatic heterocycles. The summed E-state index contributed by atoms with van der Waals surface area (Å²) in [4.78, 5) is 14.1. The number of aromatic hydroxyl groups is 2. The third-order valence-electron chi connectivity index (χ3n) is 3.96. The summed E-state index contributed by atoms with van der Waals surface area (Å²) < 4.78 is 24.2. The monoisotopic (exact) mass is 381 g/mol. The fraction of sp³-hybridized carbons (Fsp3) is 0.278. The van der Waals surface area contributed by atoms with Crippen LogP contribution in [0.4, 0.5) is 4.39 Å². The van der Waals surface area contributed by atoms with Gasteiger partial charge in [0.25, 0.3) is 5.91 Å². The van der Waals surface area contributed by atoms with Crippen LogP contribution in [-0.2, 0) is 4.74 Å². The van der Waals surface area contributed by atoms with Crippen LogP contribution in [0.2, 0.25) is 5.02 Å². The lowest BCUT2D eigenvalue weighted by Gasteiger charge is -2.33. The molecule has 0 radical (unpaired) electrons. The second-order valence-corrected chi connectivity index (χ2v) is 6.24. The SMILES string of the molecule is O=C(c1ccc(O)cc1O)N1CCOC(COc2ccc(F)cc2Cl)C1. The van der Waals surface area contributed by atoms with Crippen molar-refractivity contribution in [2.45, 2.75) is 6.10 Å². The maximum absolute atomic E-state index is 13.1. The molecule has 0 spiro atoms. The third kappa shape index (κ3) is 4.17. The highest BCUT2D eigenvalue weighted by atomic mass is 35.5. The van der Waals surface area contributed by atoms with Crippen molar-refractivity contribution in [3.63, 3.8) is 0 Å². The molecular weight excluding hydrogens is 365 g/mol. The summed E-state index contributed by atoms with van der Waals surface area (Å²) in [5.41, 5.74) is 0.103. The Hall–Kier alpha value is -2.51. The molecular formula is C18H17ClFNO5. The van der Waals surface area contributed by atoms with Crippen molar-refractivity contribution in [1.82, 2.24) is 4.90 Å². The lowest BCUT2D eigenvalue weighted by molar-refractivity contribution is -0.0401. The van der Waals surface area contributed by atoms with Gasteiger partial charge < -0.3 is 24.6 Å². The average molecular weight is 382 g/mol. The number of rotatable bonds is 4. The van der Waals surface area contributed by atoms with E-state index in [2.05, 4.69) is 0 Å². The highest BCUT2D eigenvalue weighted by Gasteiger charge is 2.27. The molecule has 2 aromatic carbocycles. The van der Waals surface area contributed by atoms with E-state index >= 15 is 0 Å². The Kier molecular flexibility index (Phi) is 5.49. The molecule has 6 nitrogen and oxygen atoms in total. The minimum absolute atomic E-state index is 0.103. The Morgan fingerprint density at radius 3 is 2.85 bits per heavy atom. The largest absolute Gasteiger partial charge is 0.508 e. The van der Waals surface area contributed by atoms with Gasteiger partial charge >= 0.3 is 0 Å². The van der Waals surface area contributed by atoms with E-state index in [0.29, 0.717) is 18.9 Å². The van der Waals surface area contributed by atoms with Gasteiger partial charge in [-0.25, -0.2) is 4.39 Å². The molecule has 1 saturated heterocycles. The average Bonchev–Trinajstić information content (AvgIpc) is 2.61. The maximum atomic E-state index is 13.1. The first-order chi connectivity index (χ1) is 12.4. The van der Waals surface area contributed by atoms with E-state index in [1.54, 1.807) is 0 Å². The van der Waals surface area contributed by atoms with Crippen molar-refractivity contribution in [1.29, 1.82) is 0 Å². The van der Waals surface area contributed by atoms with Crippen LogP contribution in [0.5, 0.6) is 17.2 Å². The number of hydrogen-bond acceptors (Lipinski definition) is 5. The molecule has 1 amide bonds. The van der Waals surface area contributed by atoms with Gasteiger partial charge in [0.05, 0.1) is 23.7 Å². The summed E-state index contributed by atoms with van der Waals surface area (Å²) in [5, 5.41) is 19.3. The molecule has 138 valence electrons. The van der Waals surface area contributed by atoms with E-state index in [-0.39, 0.29) is 41.1 Å². The summed E-state index contributed by atoms with van der Waals surface area (Å²) in [6.45, 7) is 1.08. The van der Waals surface area contributed by atoms with E-state index in [1.165, 1.54) is 29.2 Å². The molecule has 2 N–H and O–H groups in total. The first-order valence-electron chi connectivity index (χ1n) is 7.95. The molecule has 8 heteroatoms. The second kappa shape index (κ2) is 7.80. The summed E-state index contributed by atoms with van der Waals surface area (Å²) in [6.07, 6.45) is -0.395. The number of phenolic OH excluding ortho intramolecular Hbond substituents is 2. The Bertz CT molecular complexity index is 816. The summed E-state index contributed by atoms with van der Waals surface area (Å²) in [6, 6.07) is 7.65. The van der Waals surface area contributed by atoms with Crippen molar-refractivity contribution < 1.29 is 28.9 Å². The molecule has 1 aliphatic rings. The van der Waals surface area contributed by atoms with Crippen molar-refractivity contribution in [2.24, 2.45) is 0 Å². The van der Waals surface area contributed by atoms with Gasteiger partial charge in [-0.05, 0) is 30.3 Å². The fourth-order valence-electron chi connectivity index (χ4n) is 2.65. The molecule has 0 bridgehead atoms. The number of amides is 1.